The Morgan fingerprint density at radius 2 is 1.49 bits per heavy atom. The molecule has 4 heteroatoms. The van der Waals surface area contributed by atoms with Crippen LogP contribution in [-0.2, 0) is 0 Å². The summed E-state index contributed by atoms with van der Waals surface area (Å²) in [5.41, 5.74) is 7.33. The maximum Gasteiger partial charge on any atom is 0.230 e. The fraction of sp³-hybridized carbons (Fsp3) is 0.545. The number of dihydropyridines is 1. The molecule has 1 aromatic carbocycles. The number of nitrogens with one attached hydrogen (secondary N) is 1. The molecule has 2 aliphatic carbocycles. The van der Waals surface area contributed by atoms with E-state index in [0.29, 0.717) is 11.8 Å². The highest BCUT2D eigenvalue weighted by atomic mass is 31.1. The molecular formula is C33H47N3P+. The molecule has 0 radical (unpaired) electrons. The average Bonchev–Trinajstić information content (AvgIpc) is 3.42. The van der Waals surface area contributed by atoms with E-state index in [2.05, 4.69) is 103 Å². The number of rotatable bonds is 7. The highest BCUT2D eigenvalue weighted by Crippen LogP contribution is 2.57. The van der Waals surface area contributed by atoms with Crippen molar-refractivity contribution in [3.63, 3.8) is 0 Å². The summed E-state index contributed by atoms with van der Waals surface area (Å²) in [6.07, 6.45) is 27.8. The number of allylic oxidation sites excluding steroid dienone is 3. The van der Waals surface area contributed by atoms with Crippen molar-refractivity contribution in [2.45, 2.75) is 115 Å². The van der Waals surface area contributed by atoms with Crippen LogP contribution >= 0.6 is 7.92 Å². The predicted molar refractivity (Wildman–Crippen MR) is 159 cm³/mol. The molecule has 0 saturated heterocycles. The van der Waals surface area contributed by atoms with Gasteiger partial charge in [0.1, 0.15) is 11.9 Å². The summed E-state index contributed by atoms with van der Waals surface area (Å²) >= 11 is 0. The number of hydrogen-bond acceptors (Lipinski definition) is 1. The van der Waals surface area contributed by atoms with Gasteiger partial charge in [-0.15, -0.1) is 0 Å². The summed E-state index contributed by atoms with van der Waals surface area (Å²) in [6.45, 7) is 9.18. The molecule has 3 aliphatic rings. The molecule has 0 atom stereocenters. The highest BCUT2D eigenvalue weighted by molar-refractivity contribution is 7.62. The largest absolute Gasteiger partial charge is 0.273 e. The van der Waals surface area contributed by atoms with Crippen LogP contribution in [0.25, 0.3) is 11.5 Å². The van der Waals surface area contributed by atoms with Gasteiger partial charge in [0.05, 0.1) is 11.9 Å². The third-order valence-corrected chi connectivity index (χ3v) is 11.9. The van der Waals surface area contributed by atoms with Crippen molar-refractivity contribution in [2.75, 3.05) is 0 Å². The molecule has 2 saturated carbocycles. The maximum absolute atomic E-state index is 3.82. The topological polar surface area (TPSA) is 20.8 Å². The first kappa shape index (κ1) is 26.5. The zero-order valence-electron chi connectivity index (χ0n) is 23.5. The molecule has 0 amide bonds. The van der Waals surface area contributed by atoms with Crippen LogP contribution in [0, 0.1) is 0 Å². The monoisotopic (exact) mass is 516 g/mol. The van der Waals surface area contributed by atoms with Crippen molar-refractivity contribution in [3.8, 4) is 5.69 Å². The number of benzene rings is 1. The second-order valence-electron chi connectivity index (χ2n) is 12.0. The molecular weight excluding hydrogens is 469 g/mol. The number of imidazole rings is 1. The predicted octanol–water partition coefficient (Wildman–Crippen LogP) is 8.96. The summed E-state index contributed by atoms with van der Waals surface area (Å²) in [5, 5.41) is 3.82. The zero-order chi connectivity index (χ0) is 25.8. The van der Waals surface area contributed by atoms with Crippen molar-refractivity contribution < 1.29 is 4.57 Å². The molecule has 3 nitrogen and oxygen atoms in total. The molecule has 2 heterocycles. The Morgan fingerprint density at radius 1 is 0.892 bits per heavy atom. The van der Waals surface area contributed by atoms with Crippen LogP contribution in [0.1, 0.15) is 115 Å². The summed E-state index contributed by atoms with van der Waals surface area (Å²) < 4.78 is 4.58. The molecule has 1 aromatic heterocycles. The van der Waals surface area contributed by atoms with Crippen molar-refractivity contribution in [1.82, 2.24) is 9.88 Å². The minimum Gasteiger partial charge on any atom is -0.273 e. The van der Waals surface area contributed by atoms with Crippen LogP contribution < -0.4 is 9.88 Å². The first-order chi connectivity index (χ1) is 18.0. The van der Waals surface area contributed by atoms with E-state index in [-0.39, 0.29) is 7.92 Å². The van der Waals surface area contributed by atoms with Gasteiger partial charge in [0.2, 0.25) is 5.82 Å². The summed E-state index contributed by atoms with van der Waals surface area (Å²) in [5.74, 6) is 4.79. The fourth-order valence-corrected chi connectivity index (χ4v) is 9.98. The first-order valence-electron chi connectivity index (χ1n) is 14.9. The van der Waals surface area contributed by atoms with E-state index in [4.69, 9.17) is 0 Å². The van der Waals surface area contributed by atoms with Gasteiger partial charge < -0.3 is 0 Å². The van der Waals surface area contributed by atoms with E-state index in [9.17, 15) is 0 Å². The van der Waals surface area contributed by atoms with E-state index in [1.165, 1.54) is 86.7 Å². The SMILES string of the molecule is CC(C)c1cccc(C(C)C)c1-n1cc[n+](C2=CC=C/C(=C\P(C3CCCCC3)C3CCCCC3)N2)c1. The molecule has 0 unspecified atom stereocenters. The van der Waals surface area contributed by atoms with Crippen molar-refractivity contribution in [3.05, 3.63) is 77.8 Å². The Morgan fingerprint density at radius 3 is 2.05 bits per heavy atom. The van der Waals surface area contributed by atoms with E-state index in [1.807, 2.05) is 0 Å². The zero-order valence-corrected chi connectivity index (χ0v) is 24.4. The number of nitrogens with zero attached hydrogens (tertiary/aromatic N) is 2. The van der Waals surface area contributed by atoms with E-state index in [0.717, 1.165) is 17.1 Å². The van der Waals surface area contributed by atoms with Gasteiger partial charge >= 0.3 is 0 Å². The van der Waals surface area contributed by atoms with Crippen molar-refractivity contribution >= 4 is 13.7 Å². The second-order valence-corrected chi connectivity index (χ2v) is 14.6. The maximum atomic E-state index is 3.82. The second kappa shape index (κ2) is 12.2. The van der Waals surface area contributed by atoms with Crippen LogP contribution in [0.5, 0.6) is 0 Å². The lowest BCUT2D eigenvalue weighted by Crippen LogP contribution is -2.38. The minimum absolute atomic E-state index is 0.0795. The van der Waals surface area contributed by atoms with Gasteiger partial charge in [-0.1, -0.05) is 98.4 Å². The van der Waals surface area contributed by atoms with Gasteiger partial charge in [0, 0.05) is 6.08 Å². The molecule has 5 rings (SSSR count). The molecule has 0 spiro atoms. The third kappa shape index (κ3) is 6.14. The minimum atomic E-state index is -0.0795. The van der Waals surface area contributed by atoms with Gasteiger partial charge in [0.25, 0.3) is 0 Å². The lowest BCUT2D eigenvalue weighted by molar-refractivity contribution is -0.584. The molecule has 0 bridgehead atoms. The van der Waals surface area contributed by atoms with Crippen LogP contribution in [0.15, 0.2) is 66.7 Å². The van der Waals surface area contributed by atoms with Gasteiger partial charge in [-0.3, -0.25) is 5.32 Å². The summed E-state index contributed by atoms with van der Waals surface area (Å²) in [4.78, 5) is 0. The lowest BCUT2D eigenvalue weighted by atomic mass is 9.92. The van der Waals surface area contributed by atoms with Gasteiger partial charge in [-0.25, -0.2) is 9.13 Å². The first-order valence-corrected chi connectivity index (χ1v) is 16.4. The Kier molecular flexibility index (Phi) is 8.71. The van der Waals surface area contributed by atoms with E-state index >= 15 is 0 Å². The number of aromatic nitrogens is 2. The molecule has 1 aliphatic heterocycles. The molecule has 2 aromatic rings. The smallest absolute Gasteiger partial charge is 0.230 e. The Balaban J connectivity index is 1.40. The Labute approximate surface area is 226 Å². The van der Waals surface area contributed by atoms with E-state index in [1.54, 1.807) is 0 Å². The lowest BCUT2D eigenvalue weighted by Gasteiger charge is -2.37. The molecule has 198 valence electrons. The van der Waals surface area contributed by atoms with Crippen LogP contribution in [0.4, 0.5) is 0 Å². The molecule has 1 N–H and O–H groups in total. The fourth-order valence-electron chi connectivity index (χ4n) is 6.57. The molecule has 37 heavy (non-hydrogen) atoms. The van der Waals surface area contributed by atoms with Gasteiger partial charge in [-0.05, 0) is 71.9 Å². The number of hydrogen-bond donors (Lipinski definition) is 1. The van der Waals surface area contributed by atoms with E-state index < -0.39 is 0 Å². The number of para-hydroxylation sites is 1. The Bertz CT molecular complexity index is 1100. The van der Waals surface area contributed by atoms with Crippen LogP contribution in [0.2, 0.25) is 0 Å². The average molecular weight is 517 g/mol. The van der Waals surface area contributed by atoms with Gasteiger partial charge in [0.15, 0.2) is 6.33 Å². The third-order valence-electron chi connectivity index (χ3n) is 8.60. The quantitative estimate of drug-likeness (QED) is 0.288. The van der Waals surface area contributed by atoms with Crippen molar-refractivity contribution in [1.29, 1.82) is 0 Å². The standard InChI is InChI=1S/C33H47N3P/c1-25(2)30-18-12-19-31(26(3)4)33(30)36-22-21-35(24-36)32-20-11-13-27(34-32)23-37(28-14-7-5-8-15-28)29-16-9-6-10-17-29/h11-13,18-26,28-29,34H,5-10,14-17H2,1-4H3/q+1/b27-23+. The normalized spacial score (nSPS) is 20.7. The van der Waals surface area contributed by atoms with Gasteiger partial charge in [-0.2, -0.15) is 0 Å². The van der Waals surface area contributed by atoms with Crippen LogP contribution in [0.3, 0.4) is 0 Å². The molecule has 2 fully saturated rings. The van der Waals surface area contributed by atoms with Crippen molar-refractivity contribution in [2.24, 2.45) is 0 Å². The van der Waals surface area contributed by atoms with Crippen LogP contribution in [-0.4, -0.2) is 15.9 Å². The summed E-state index contributed by atoms with van der Waals surface area (Å²) in [7, 11) is -0.0795. The Hall–Kier alpha value is -2.12. The summed E-state index contributed by atoms with van der Waals surface area (Å²) in [6, 6.07) is 6.79. The highest BCUT2D eigenvalue weighted by Gasteiger charge is 2.30.